The molecule has 2 aromatic rings. The van der Waals surface area contributed by atoms with Crippen molar-refractivity contribution in [1.29, 1.82) is 0 Å². The molecule has 5 nitrogen and oxygen atoms in total. The number of benzene rings is 1. The lowest BCUT2D eigenvalue weighted by Crippen LogP contribution is -2.35. The van der Waals surface area contributed by atoms with Crippen molar-refractivity contribution in [3.63, 3.8) is 0 Å². The summed E-state index contributed by atoms with van der Waals surface area (Å²) in [5, 5.41) is 7.45. The van der Waals surface area contributed by atoms with Crippen molar-refractivity contribution in [3.05, 3.63) is 46.8 Å². The molecule has 1 N–H and O–H groups in total. The second kappa shape index (κ2) is 6.44. The third-order valence-electron chi connectivity index (χ3n) is 4.42. The Morgan fingerprint density at radius 3 is 2.91 bits per heavy atom. The Bertz CT molecular complexity index is 721. The number of carbonyl (C=O) groups is 1. The van der Waals surface area contributed by atoms with Gasteiger partial charge in [-0.1, -0.05) is 18.2 Å². The molecule has 122 valence electrons. The van der Waals surface area contributed by atoms with Crippen LogP contribution >= 0.6 is 0 Å². The molecule has 1 unspecified atom stereocenters. The van der Waals surface area contributed by atoms with Crippen molar-refractivity contribution in [2.75, 3.05) is 13.2 Å². The van der Waals surface area contributed by atoms with Crippen LogP contribution in [0.5, 0.6) is 5.75 Å². The minimum absolute atomic E-state index is 0.0430. The van der Waals surface area contributed by atoms with Crippen molar-refractivity contribution in [3.8, 4) is 5.75 Å². The molecule has 0 aliphatic carbocycles. The van der Waals surface area contributed by atoms with Crippen LogP contribution in [0, 0.1) is 19.8 Å². The van der Waals surface area contributed by atoms with E-state index in [2.05, 4.69) is 16.5 Å². The molecule has 2 heterocycles. The Hall–Kier alpha value is -2.30. The molecule has 0 bridgehead atoms. The van der Waals surface area contributed by atoms with Gasteiger partial charge < -0.3 is 10.1 Å². The predicted octanol–water partition coefficient (Wildman–Crippen LogP) is 2.50. The minimum atomic E-state index is -0.0430. The third kappa shape index (κ3) is 3.09. The normalized spacial score (nSPS) is 16.6. The summed E-state index contributed by atoms with van der Waals surface area (Å²) in [6.07, 6.45) is 0.933. The maximum absolute atomic E-state index is 12.5. The number of nitrogens with zero attached hydrogens (tertiary/aromatic N) is 2. The van der Waals surface area contributed by atoms with Gasteiger partial charge >= 0.3 is 0 Å². The predicted molar refractivity (Wildman–Crippen MR) is 88.8 cm³/mol. The van der Waals surface area contributed by atoms with Crippen molar-refractivity contribution >= 4 is 5.91 Å². The van der Waals surface area contributed by atoms with E-state index in [4.69, 9.17) is 4.74 Å². The number of para-hydroxylation sites is 1. The number of aromatic nitrogens is 2. The molecule has 0 saturated carbocycles. The number of rotatable bonds is 4. The van der Waals surface area contributed by atoms with E-state index in [0.29, 0.717) is 24.6 Å². The fraction of sp³-hybridized carbons (Fsp3) is 0.444. The zero-order valence-electron chi connectivity index (χ0n) is 13.9. The first-order chi connectivity index (χ1) is 11.1. The van der Waals surface area contributed by atoms with Crippen molar-refractivity contribution in [2.24, 2.45) is 5.92 Å². The molecule has 1 amide bonds. The van der Waals surface area contributed by atoms with Gasteiger partial charge in [0.05, 0.1) is 17.9 Å². The summed E-state index contributed by atoms with van der Waals surface area (Å²) in [7, 11) is 0. The lowest BCUT2D eigenvalue weighted by Gasteiger charge is -2.25. The van der Waals surface area contributed by atoms with Gasteiger partial charge in [0.1, 0.15) is 5.75 Å². The summed E-state index contributed by atoms with van der Waals surface area (Å²) in [5.74, 6) is 1.22. The topological polar surface area (TPSA) is 56.2 Å². The van der Waals surface area contributed by atoms with E-state index in [1.807, 2.05) is 43.7 Å². The number of fused-ring (bicyclic) bond motifs is 1. The largest absolute Gasteiger partial charge is 0.493 e. The molecular formula is C18H23N3O2. The number of amides is 1. The second-order valence-electron chi connectivity index (χ2n) is 6.06. The fourth-order valence-corrected chi connectivity index (χ4v) is 3.18. The first kappa shape index (κ1) is 15.6. The summed E-state index contributed by atoms with van der Waals surface area (Å²) < 4.78 is 7.64. The van der Waals surface area contributed by atoms with E-state index in [1.54, 1.807) is 0 Å². The molecule has 5 heteroatoms. The molecule has 0 saturated heterocycles. The van der Waals surface area contributed by atoms with Crippen LogP contribution in [0.2, 0.25) is 0 Å². The van der Waals surface area contributed by atoms with Gasteiger partial charge in [-0.3, -0.25) is 9.48 Å². The van der Waals surface area contributed by atoms with Crippen LogP contribution in [0.15, 0.2) is 24.3 Å². The van der Waals surface area contributed by atoms with E-state index in [-0.39, 0.29) is 5.91 Å². The summed E-state index contributed by atoms with van der Waals surface area (Å²) in [6.45, 7) is 7.88. The second-order valence-corrected chi connectivity index (χ2v) is 6.06. The van der Waals surface area contributed by atoms with E-state index < -0.39 is 0 Å². The number of carbonyl (C=O) groups excluding carboxylic acids is 1. The number of ether oxygens (including phenoxy) is 1. The number of aryl methyl sites for hydroxylation is 2. The van der Waals surface area contributed by atoms with Gasteiger partial charge in [-0.05, 0) is 38.8 Å². The molecule has 1 aliphatic rings. The van der Waals surface area contributed by atoms with Gasteiger partial charge in [-0.2, -0.15) is 5.10 Å². The molecular weight excluding hydrogens is 290 g/mol. The van der Waals surface area contributed by atoms with E-state index >= 15 is 0 Å². The monoisotopic (exact) mass is 313 g/mol. The molecule has 23 heavy (non-hydrogen) atoms. The quantitative estimate of drug-likeness (QED) is 0.943. The molecule has 3 rings (SSSR count). The Kier molecular flexibility index (Phi) is 4.37. The molecule has 1 aromatic carbocycles. The minimum Gasteiger partial charge on any atom is -0.493 e. The number of hydrogen-bond acceptors (Lipinski definition) is 3. The summed E-state index contributed by atoms with van der Waals surface area (Å²) >= 11 is 0. The van der Waals surface area contributed by atoms with Crippen molar-refractivity contribution in [2.45, 2.75) is 33.7 Å². The van der Waals surface area contributed by atoms with E-state index in [9.17, 15) is 4.79 Å². The van der Waals surface area contributed by atoms with Gasteiger partial charge in [-0.25, -0.2) is 0 Å². The van der Waals surface area contributed by atoms with Crippen LogP contribution in [0.3, 0.4) is 0 Å². The summed E-state index contributed by atoms with van der Waals surface area (Å²) in [5.41, 5.74) is 3.62. The molecule has 1 aromatic heterocycles. The molecule has 0 fully saturated rings. The van der Waals surface area contributed by atoms with Crippen LogP contribution in [0.25, 0.3) is 0 Å². The highest BCUT2D eigenvalue weighted by Gasteiger charge is 2.22. The lowest BCUT2D eigenvalue weighted by atomic mass is 9.96. The van der Waals surface area contributed by atoms with Crippen molar-refractivity contribution in [1.82, 2.24) is 15.1 Å². The zero-order chi connectivity index (χ0) is 16.4. The van der Waals surface area contributed by atoms with Crippen LogP contribution in [-0.2, 0) is 13.0 Å². The summed E-state index contributed by atoms with van der Waals surface area (Å²) in [4.78, 5) is 12.5. The highest BCUT2D eigenvalue weighted by atomic mass is 16.5. The average Bonchev–Trinajstić information content (AvgIpc) is 2.86. The molecule has 0 spiro atoms. The van der Waals surface area contributed by atoms with Gasteiger partial charge in [0.2, 0.25) is 0 Å². The van der Waals surface area contributed by atoms with Crippen LogP contribution < -0.4 is 10.1 Å². The SMILES string of the molecule is CCn1nc(C)c(C(=O)NCC2COc3ccccc3C2)c1C. The lowest BCUT2D eigenvalue weighted by molar-refractivity contribution is 0.0937. The van der Waals surface area contributed by atoms with Gasteiger partial charge in [-0.15, -0.1) is 0 Å². The Morgan fingerprint density at radius 1 is 1.39 bits per heavy atom. The van der Waals surface area contributed by atoms with Gasteiger partial charge in [0.25, 0.3) is 5.91 Å². The smallest absolute Gasteiger partial charge is 0.255 e. The standard InChI is InChI=1S/C18H23N3O2/c1-4-21-13(3)17(12(2)20-21)18(22)19-10-14-9-15-7-5-6-8-16(15)23-11-14/h5-8,14H,4,9-11H2,1-3H3,(H,19,22). The first-order valence-electron chi connectivity index (χ1n) is 8.13. The van der Waals surface area contributed by atoms with Crippen LogP contribution in [0.4, 0.5) is 0 Å². The van der Waals surface area contributed by atoms with E-state index in [0.717, 1.165) is 30.1 Å². The van der Waals surface area contributed by atoms with Gasteiger partial charge in [0.15, 0.2) is 0 Å². The Labute approximate surface area is 136 Å². The molecule has 0 radical (unpaired) electrons. The maximum Gasteiger partial charge on any atom is 0.255 e. The Balaban J connectivity index is 1.63. The Morgan fingerprint density at radius 2 is 2.17 bits per heavy atom. The first-order valence-corrected chi connectivity index (χ1v) is 8.13. The van der Waals surface area contributed by atoms with Crippen molar-refractivity contribution < 1.29 is 9.53 Å². The summed E-state index contributed by atoms with van der Waals surface area (Å²) in [6, 6.07) is 8.09. The van der Waals surface area contributed by atoms with Crippen LogP contribution in [-0.4, -0.2) is 28.8 Å². The average molecular weight is 313 g/mol. The molecule has 1 aliphatic heterocycles. The van der Waals surface area contributed by atoms with Crippen LogP contribution in [0.1, 0.15) is 34.2 Å². The highest BCUT2D eigenvalue weighted by molar-refractivity contribution is 5.96. The van der Waals surface area contributed by atoms with E-state index in [1.165, 1.54) is 5.56 Å². The maximum atomic E-state index is 12.5. The highest BCUT2D eigenvalue weighted by Crippen LogP contribution is 2.26. The van der Waals surface area contributed by atoms with Gasteiger partial charge in [0, 0.05) is 24.7 Å². The molecule has 1 atom stereocenters. The number of hydrogen-bond donors (Lipinski definition) is 1. The third-order valence-corrected chi connectivity index (χ3v) is 4.42. The zero-order valence-corrected chi connectivity index (χ0v) is 13.9. The fourth-order valence-electron chi connectivity index (χ4n) is 3.18. The number of nitrogens with one attached hydrogen (secondary N) is 1.